The van der Waals surface area contributed by atoms with E-state index in [1.165, 1.54) is 17.7 Å². The predicted octanol–water partition coefficient (Wildman–Crippen LogP) is 3.97. The number of benzene rings is 2. The van der Waals surface area contributed by atoms with E-state index in [-0.39, 0.29) is 18.0 Å². The van der Waals surface area contributed by atoms with Crippen molar-refractivity contribution in [2.75, 3.05) is 5.32 Å². The summed E-state index contributed by atoms with van der Waals surface area (Å²) in [5, 5.41) is 13.4. The Morgan fingerprint density at radius 1 is 1.04 bits per heavy atom. The molecule has 0 aliphatic heterocycles. The molecular weight excluding hydrogens is 292 g/mol. The Morgan fingerprint density at radius 3 is 2.13 bits per heavy atom. The van der Waals surface area contributed by atoms with Gasteiger partial charge in [-0.2, -0.15) is 0 Å². The maximum Gasteiger partial charge on any atom is 0.269 e. The van der Waals surface area contributed by atoms with Crippen LogP contribution in [0.3, 0.4) is 0 Å². The summed E-state index contributed by atoms with van der Waals surface area (Å²) in [5.41, 5.74) is 2.76. The molecule has 2 aromatic carbocycles. The summed E-state index contributed by atoms with van der Waals surface area (Å²) in [4.78, 5) is 22.2. The summed E-state index contributed by atoms with van der Waals surface area (Å²) in [5.74, 6) is 0.452. The molecule has 2 aromatic rings. The van der Waals surface area contributed by atoms with Gasteiger partial charge in [0.25, 0.3) is 5.69 Å². The van der Waals surface area contributed by atoms with E-state index in [1.807, 2.05) is 24.3 Å². The van der Waals surface area contributed by atoms with Gasteiger partial charge in [0.05, 0.1) is 11.3 Å². The van der Waals surface area contributed by atoms with Crippen LogP contribution in [-0.2, 0) is 17.6 Å². The summed E-state index contributed by atoms with van der Waals surface area (Å²) in [6, 6.07) is 13.8. The van der Waals surface area contributed by atoms with Crippen LogP contribution in [0.5, 0.6) is 0 Å². The average molecular weight is 312 g/mol. The number of anilines is 1. The van der Waals surface area contributed by atoms with Crippen LogP contribution in [0, 0.1) is 16.0 Å². The zero-order valence-electron chi connectivity index (χ0n) is 13.3. The van der Waals surface area contributed by atoms with Gasteiger partial charge in [0.2, 0.25) is 5.91 Å². The van der Waals surface area contributed by atoms with Gasteiger partial charge in [0, 0.05) is 17.8 Å². The molecule has 5 nitrogen and oxygen atoms in total. The van der Waals surface area contributed by atoms with Gasteiger partial charge in [-0.05, 0) is 35.6 Å². The van der Waals surface area contributed by atoms with Gasteiger partial charge < -0.3 is 5.32 Å². The van der Waals surface area contributed by atoms with Crippen LogP contribution < -0.4 is 5.32 Å². The summed E-state index contributed by atoms with van der Waals surface area (Å²) >= 11 is 0. The fourth-order valence-corrected chi connectivity index (χ4v) is 2.32. The standard InChI is InChI=1S/C18H20N2O3/c1-13(2)11-14-3-7-16(8-4-14)19-18(21)12-15-5-9-17(10-6-15)20(22)23/h3-10,13H,11-12H2,1-2H3,(H,19,21). The average Bonchev–Trinajstić information content (AvgIpc) is 2.49. The molecule has 120 valence electrons. The molecule has 23 heavy (non-hydrogen) atoms. The van der Waals surface area contributed by atoms with Crippen molar-refractivity contribution in [3.8, 4) is 0 Å². The lowest BCUT2D eigenvalue weighted by atomic mass is 10.0. The summed E-state index contributed by atoms with van der Waals surface area (Å²) < 4.78 is 0. The molecule has 0 aliphatic rings. The summed E-state index contributed by atoms with van der Waals surface area (Å²) in [6.45, 7) is 4.33. The Balaban J connectivity index is 1.92. The van der Waals surface area contributed by atoms with E-state index in [4.69, 9.17) is 0 Å². The number of nitrogens with one attached hydrogen (secondary N) is 1. The van der Waals surface area contributed by atoms with Crippen molar-refractivity contribution >= 4 is 17.3 Å². The number of nitro benzene ring substituents is 1. The Labute approximate surface area is 135 Å². The monoisotopic (exact) mass is 312 g/mol. The minimum absolute atomic E-state index is 0.0231. The van der Waals surface area contributed by atoms with Crippen molar-refractivity contribution < 1.29 is 9.72 Å². The number of nitrogens with zero attached hydrogens (tertiary/aromatic N) is 1. The van der Waals surface area contributed by atoms with Crippen molar-refractivity contribution in [2.45, 2.75) is 26.7 Å². The fraction of sp³-hybridized carbons (Fsp3) is 0.278. The van der Waals surface area contributed by atoms with Gasteiger partial charge in [0.1, 0.15) is 0 Å². The highest BCUT2D eigenvalue weighted by atomic mass is 16.6. The van der Waals surface area contributed by atoms with Crippen LogP contribution in [0.25, 0.3) is 0 Å². The number of non-ortho nitro benzene ring substituents is 1. The number of amides is 1. The largest absolute Gasteiger partial charge is 0.326 e. The van der Waals surface area contributed by atoms with Crippen molar-refractivity contribution in [1.29, 1.82) is 0 Å². The second kappa shape index (κ2) is 7.54. The van der Waals surface area contributed by atoms with E-state index in [9.17, 15) is 14.9 Å². The zero-order chi connectivity index (χ0) is 16.8. The van der Waals surface area contributed by atoms with Crippen LogP contribution in [0.1, 0.15) is 25.0 Å². The molecule has 0 radical (unpaired) electrons. The first-order chi connectivity index (χ1) is 10.9. The highest BCUT2D eigenvalue weighted by molar-refractivity contribution is 5.92. The molecule has 5 heteroatoms. The molecule has 0 bridgehead atoms. The smallest absolute Gasteiger partial charge is 0.269 e. The van der Waals surface area contributed by atoms with Crippen LogP contribution in [0.4, 0.5) is 11.4 Å². The second-order valence-corrected chi connectivity index (χ2v) is 5.94. The molecule has 0 saturated carbocycles. The number of rotatable bonds is 6. The van der Waals surface area contributed by atoms with Crippen molar-refractivity contribution in [1.82, 2.24) is 0 Å². The number of nitro groups is 1. The van der Waals surface area contributed by atoms with E-state index >= 15 is 0 Å². The molecule has 0 saturated heterocycles. The summed E-state index contributed by atoms with van der Waals surface area (Å²) in [6.07, 6.45) is 1.20. The molecule has 0 atom stereocenters. The number of hydrogen-bond acceptors (Lipinski definition) is 3. The second-order valence-electron chi connectivity index (χ2n) is 5.94. The topological polar surface area (TPSA) is 72.2 Å². The highest BCUT2D eigenvalue weighted by Gasteiger charge is 2.08. The lowest BCUT2D eigenvalue weighted by molar-refractivity contribution is -0.384. The molecule has 0 fully saturated rings. The van der Waals surface area contributed by atoms with Gasteiger partial charge in [-0.15, -0.1) is 0 Å². The molecule has 1 N–H and O–H groups in total. The van der Waals surface area contributed by atoms with E-state index < -0.39 is 4.92 Å². The fourth-order valence-electron chi connectivity index (χ4n) is 2.32. The Hall–Kier alpha value is -2.69. The molecule has 0 heterocycles. The molecule has 0 aromatic heterocycles. The molecular formula is C18H20N2O3. The SMILES string of the molecule is CC(C)Cc1ccc(NC(=O)Cc2ccc([N+](=O)[O-])cc2)cc1. The van der Waals surface area contributed by atoms with E-state index in [1.54, 1.807) is 12.1 Å². The number of carbonyl (C=O) groups excluding carboxylic acids is 1. The van der Waals surface area contributed by atoms with Crippen LogP contribution in [0.2, 0.25) is 0 Å². The van der Waals surface area contributed by atoms with Crippen molar-refractivity contribution in [3.63, 3.8) is 0 Å². The Morgan fingerprint density at radius 2 is 1.61 bits per heavy atom. The van der Waals surface area contributed by atoms with Crippen LogP contribution in [0.15, 0.2) is 48.5 Å². The lowest BCUT2D eigenvalue weighted by Crippen LogP contribution is -2.14. The molecule has 0 unspecified atom stereocenters. The first-order valence-electron chi connectivity index (χ1n) is 7.56. The maximum absolute atomic E-state index is 12.0. The third-order valence-corrected chi connectivity index (χ3v) is 3.39. The van der Waals surface area contributed by atoms with Gasteiger partial charge in [0.15, 0.2) is 0 Å². The van der Waals surface area contributed by atoms with Gasteiger partial charge in [-0.25, -0.2) is 0 Å². The predicted molar refractivity (Wildman–Crippen MR) is 90.4 cm³/mol. The number of carbonyl (C=O) groups is 1. The van der Waals surface area contributed by atoms with E-state index in [0.29, 0.717) is 5.92 Å². The van der Waals surface area contributed by atoms with Gasteiger partial charge >= 0.3 is 0 Å². The minimum atomic E-state index is -0.456. The van der Waals surface area contributed by atoms with Crippen molar-refractivity contribution in [2.24, 2.45) is 5.92 Å². The zero-order valence-corrected chi connectivity index (χ0v) is 13.3. The first kappa shape index (κ1) is 16.7. The number of hydrogen-bond donors (Lipinski definition) is 1. The van der Waals surface area contributed by atoms with Crippen LogP contribution in [-0.4, -0.2) is 10.8 Å². The molecule has 0 aliphatic carbocycles. The third-order valence-electron chi connectivity index (χ3n) is 3.39. The van der Waals surface area contributed by atoms with E-state index in [0.717, 1.165) is 17.7 Å². The molecule has 1 amide bonds. The minimum Gasteiger partial charge on any atom is -0.326 e. The molecule has 0 spiro atoms. The van der Waals surface area contributed by atoms with Crippen LogP contribution >= 0.6 is 0 Å². The van der Waals surface area contributed by atoms with Gasteiger partial charge in [-0.3, -0.25) is 14.9 Å². The van der Waals surface area contributed by atoms with E-state index in [2.05, 4.69) is 19.2 Å². The normalized spacial score (nSPS) is 10.6. The maximum atomic E-state index is 12.0. The van der Waals surface area contributed by atoms with Gasteiger partial charge in [-0.1, -0.05) is 38.1 Å². The third kappa shape index (κ3) is 5.21. The highest BCUT2D eigenvalue weighted by Crippen LogP contribution is 2.15. The quantitative estimate of drug-likeness (QED) is 0.648. The Bertz CT molecular complexity index is 676. The Kier molecular flexibility index (Phi) is 5.46. The van der Waals surface area contributed by atoms with Crippen molar-refractivity contribution in [3.05, 3.63) is 69.8 Å². The first-order valence-corrected chi connectivity index (χ1v) is 7.56. The molecule has 2 rings (SSSR count). The lowest BCUT2D eigenvalue weighted by Gasteiger charge is -2.08. The summed E-state index contributed by atoms with van der Waals surface area (Å²) in [7, 11) is 0.